The van der Waals surface area contributed by atoms with Crippen molar-refractivity contribution < 1.29 is 27.8 Å². The van der Waals surface area contributed by atoms with Crippen molar-refractivity contribution in [2.75, 3.05) is 19.7 Å². The number of hydrogen-bond acceptors (Lipinski definition) is 3. The monoisotopic (exact) mass is 325 g/mol. The van der Waals surface area contributed by atoms with Gasteiger partial charge in [0.1, 0.15) is 0 Å². The summed E-state index contributed by atoms with van der Waals surface area (Å²) in [5.74, 6) is -2.05. The zero-order valence-electron chi connectivity index (χ0n) is 11.0. The van der Waals surface area contributed by atoms with Gasteiger partial charge in [-0.3, -0.25) is 0 Å². The molecule has 1 heterocycles. The van der Waals surface area contributed by atoms with Gasteiger partial charge in [0.25, 0.3) is 0 Å². The molecule has 0 radical (unpaired) electrons. The summed E-state index contributed by atoms with van der Waals surface area (Å²) >= 11 is 5.78. The Morgan fingerprint density at radius 3 is 2.24 bits per heavy atom. The van der Waals surface area contributed by atoms with E-state index in [4.69, 9.17) is 26.2 Å². The topological polar surface area (TPSA) is 58.6 Å². The van der Waals surface area contributed by atoms with E-state index in [1.54, 1.807) is 0 Å². The smallest absolute Gasteiger partial charge is 0.475 e. The van der Waals surface area contributed by atoms with E-state index in [9.17, 15) is 13.2 Å². The van der Waals surface area contributed by atoms with E-state index in [2.05, 4.69) is 5.32 Å². The van der Waals surface area contributed by atoms with E-state index in [0.29, 0.717) is 12.5 Å². The van der Waals surface area contributed by atoms with Crippen molar-refractivity contribution in [1.29, 1.82) is 0 Å². The quantitative estimate of drug-likeness (QED) is 0.893. The summed E-state index contributed by atoms with van der Waals surface area (Å²) in [5.41, 5.74) is 1.18. The molecule has 8 heteroatoms. The van der Waals surface area contributed by atoms with Crippen molar-refractivity contribution in [1.82, 2.24) is 5.32 Å². The second-order valence-electron chi connectivity index (χ2n) is 4.47. The zero-order valence-corrected chi connectivity index (χ0v) is 11.7. The number of carboxylic acids is 1. The molecule has 0 unspecified atom stereocenters. The molecule has 0 aromatic heterocycles. The number of hydrogen-bond donors (Lipinski definition) is 2. The summed E-state index contributed by atoms with van der Waals surface area (Å²) in [6.45, 7) is 3.74. The summed E-state index contributed by atoms with van der Waals surface area (Å²) in [4.78, 5) is 8.90. The third-order valence-corrected chi connectivity index (χ3v) is 2.90. The number of carbonyl (C=O) groups is 1. The second-order valence-corrected chi connectivity index (χ2v) is 4.91. The van der Waals surface area contributed by atoms with Crippen LogP contribution in [-0.4, -0.2) is 36.9 Å². The fraction of sp³-hybridized carbons (Fsp3) is 0.462. The van der Waals surface area contributed by atoms with Crippen molar-refractivity contribution >= 4 is 17.6 Å². The molecular formula is C13H15ClF3NO3. The molecular weight excluding hydrogens is 311 g/mol. The average molecular weight is 326 g/mol. The predicted octanol–water partition coefficient (Wildman–Crippen LogP) is 2.71. The standard InChI is InChI=1S/C11H14ClNO.C2HF3O2/c12-11-3-1-9(2-4-11)7-14-8-10-5-13-6-10;3-2(4,5)1(6)7/h1-4,10,13H,5-8H2;(H,6,7). The molecule has 2 N–H and O–H groups in total. The predicted molar refractivity (Wildman–Crippen MR) is 71.2 cm³/mol. The lowest BCUT2D eigenvalue weighted by Crippen LogP contribution is -2.44. The number of aliphatic carboxylic acids is 1. The molecule has 1 aliphatic rings. The van der Waals surface area contributed by atoms with Crippen LogP contribution in [0, 0.1) is 5.92 Å². The van der Waals surface area contributed by atoms with Gasteiger partial charge in [-0.05, 0) is 17.7 Å². The first-order valence-electron chi connectivity index (χ1n) is 6.12. The van der Waals surface area contributed by atoms with Gasteiger partial charge in [0, 0.05) is 24.0 Å². The molecule has 1 aromatic carbocycles. The van der Waals surface area contributed by atoms with Crippen molar-refractivity contribution in [3.05, 3.63) is 34.9 Å². The Bertz CT molecular complexity index is 447. The maximum Gasteiger partial charge on any atom is 0.490 e. The molecule has 1 aromatic rings. The summed E-state index contributed by atoms with van der Waals surface area (Å²) in [6, 6.07) is 7.79. The van der Waals surface area contributed by atoms with Gasteiger partial charge in [-0.1, -0.05) is 23.7 Å². The van der Waals surface area contributed by atoms with Crippen LogP contribution in [0.15, 0.2) is 24.3 Å². The van der Waals surface area contributed by atoms with E-state index >= 15 is 0 Å². The Kier molecular flexibility index (Phi) is 6.94. The lowest BCUT2D eigenvalue weighted by Gasteiger charge is -2.26. The van der Waals surface area contributed by atoms with Crippen LogP contribution in [0.5, 0.6) is 0 Å². The third kappa shape index (κ3) is 7.31. The number of alkyl halides is 3. The number of ether oxygens (including phenoxy) is 1. The molecule has 1 fully saturated rings. The van der Waals surface area contributed by atoms with E-state index in [-0.39, 0.29) is 0 Å². The van der Waals surface area contributed by atoms with Crippen LogP contribution in [0.4, 0.5) is 13.2 Å². The highest BCUT2D eigenvalue weighted by atomic mass is 35.5. The van der Waals surface area contributed by atoms with Crippen LogP contribution in [0.3, 0.4) is 0 Å². The Labute approximate surface area is 124 Å². The van der Waals surface area contributed by atoms with E-state index in [1.165, 1.54) is 5.56 Å². The zero-order chi connectivity index (χ0) is 15.9. The Morgan fingerprint density at radius 1 is 1.33 bits per heavy atom. The first-order valence-corrected chi connectivity index (χ1v) is 6.50. The Balaban J connectivity index is 0.000000270. The molecule has 1 aliphatic heterocycles. The van der Waals surface area contributed by atoms with Crippen molar-refractivity contribution in [2.24, 2.45) is 5.92 Å². The maximum absolute atomic E-state index is 10.6. The Morgan fingerprint density at radius 2 is 1.86 bits per heavy atom. The summed E-state index contributed by atoms with van der Waals surface area (Å²) in [6.07, 6.45) is -5.08. The van der Waals surface area contributed by atoms with Crippen LogP contribution in [0.25, 0.3) is 0 Å². The molecule has 0 amide bonds. The summed E-state index contributed by atoms with van der Waals surface area (Å²) in [5, 5.41) is 11.1. The van der Waals surface area contributed by atoms with Crippen molar-refractivity contribution in [3.63, 3.8) is 0 Å². The first-order chi connectivity index (χ1) is 9.79. The number of halogens is 4. The van der Waals surface area contributed by atoms with Gasteiger partial charge in [-0.2, -0.15) is 13.2 Å². The Hall–Kier alpha value is -1.31. The number of carboxylic acid groups (broad SMARTS) is 1. The van der Waals surface area contributed by atoms with Crippen LogP contribution in [0.1, 0.15) is 5.56 Å². The highest BCUT2D eigenvalue weighted by Gasteiger charge is 2.38. The molecule has 0 bridgehead atoms. The van der Waals surface area contributed by atoms with Crippen LogP contribution in [0.2, 0.25) is 5.02 Å². The summed E-state index contributed by atoms with van der Waals surface area (Å²) in [7, 11) is 0. The maximum atomic E-state index is 10.6. The van der Waals surface area contributed by atoms with Crippen LogP contribution in [-0.2, 0) is 16.1 Å². The molecule has 0 saturated carbocycles. The van der Waals surface area contributed by atoms with Gasteiger partial charge in [0.2, 0.25) is 0 Å². The minimum atomic E-state index is -5.08. The van der Waals surface area contributed by atoms with Gasteiger partial charge in [-0.25, -0.2) is 4.79 Å². The molecule has 21 heavy (non-hydrogen) atoms. The molecule has 118 valence electrons. The van der Waals surface area contributed by atoms with Gasteiger partial charge in [0.15, 0.2) is 0 Å². The fourth-order valence-corrected chi connectivity index (χ4v) is 1.52. The highest BCUT2D eigenvalue weighted by Crippen LogP contribution is 2.13. The average Bonchev–Trinajstić information content (AvgIpc) is 2.34. The van der Waals surface area contributed by atoms with Gasteiger partial charge in [-0.15, -0.1) is 0 Å². The fourth-order valence-electron chi connectivity index (χ4n) is 1.39. The number of benzene rings is 1. The van der Waals surface area contributed by atoms with Gasteiger partial charge < -0.3 is 15.2 Å². The van der Waals surface area contributed by atoms with Crippen LogP contribution < -0.4 is 5.32 Å². The lowest BCUT2D eigenvalue weighted by atomic mass is 10.1. The van der Waals surface area contributed by atoms with E-state index in [0.717, 1.165) is 24.7 Å². The first kappa shape index (κ1) is 17.7. The molecule has 1 saturated heterocycles. The van der Waals surface area contributed by atoms with Gasteiger partial charge in [0.05, 0.1) is 13.2 Å². The molecule has 4 nitrogen and oxygen atoms in total. The molecule has 0 atom stereocenters. The number of nitrogens with one attached hydrogen (secondary N) is 1. The molecule has 0 spiro atoms. The van der Waals surface area contributed by atoms with E-state index in [1.807, 2.05) is 24.3 Å². The van der Waals surface area contributed by atoms with Crippen molar-refractivity contribution in [2.45, 2.75) is 12.8 Å². The van der Waals surface area contributed by atoms with Crippen molar-refractivity contribution in [3.8, 4) is 0 Å². The minimum absolute atomic E-state index is 0.688. The molecule has 2 rings (SSSR count). The third-order valence-electron chi connectivity index (χ3n) is 2.64. The van der Waals surface area contributed by atoms with Gasteiger partial charge >= 0.3 is 12.1 Å². The normalized spacial score (nSPS) is 14.9. The largest absolute Gasteiger partial charge is 0.490 e. The lowest BCUT2D eigenvalue weighted by molar-refractivity contribution is -0.192. The minimum Gasteiger partial charge on any atom is -0.475 e. The SMILES string of the molecule is Clc1ccc(COCC2CNC2)cc1.O=C(O)C(F)(F)F. The van der Waals surface area contributed by atoms with E-state index < -0.39 is 12.1 Å². The summed E-state index contributed by atoms with van der Waals surface area (Å²) < 4.78 is 37.3. The molecule has 0 aliphatic carbocycles. The highest BCUT2D eigenvalue weighted by molar-refractivity contribution is 6.30. The second kappa shape index (κ2) is 8.21. The number of rotatable bonds is 4. The van der Waals surface area contributed by atoms with Crippen LogP contribution >= 0.6 is 11.6 Å².